The fraction of sp³-hybridized carbons (Fsp3) is 0.438. The number of rotatable bonds is 5. The first-order valence-corrected chi connectivity index (χ1v) is 8.90. The molecule has 0 aliphatic heterocycles. The van der Waals surface area contributed by atoms with E-state index in [1.807, 2.05) is 24.3 Å². The van der Waals surface area contributed by atoms with Crippen molar-refractivity contribution in [3.63, 3.8) is 0 Å². The van der Waals surface area contributed by atoms with Crippen LogP contribution in [-0.2, 0) is 0 Å². The Hall–Kier alpha value is -1.64. The monoisotopic (exact) mass is 425 g/mol. The number of ether oxygens (including phenoxy) is 1. The van der Waals surface area contributed by atoms with Crippen LogP contribution >= 0.6 is 22.6 Å². The summed E-state index contributed by atoms with van der Waals surface area (Å²) in [7, 11) is 1.56. The van der Waals surface area contributed by atoms with E-state index in [1.54, 1.807) is 7.11 Å². The molecule has 0 amide bonds. The molecule has 0 bridgehead atoms. The summed E-state index contributed by atoms with van der Waals surface area (Å²) in [4.78, 5) is 13.0. The van der Waals surface area contributed by atoms with Gasteiger partial charge in [0.1, 0.15) is 0 Å². The highest BCUT2D eigenvalue weighted by molar-refractivity contribution is 14.1. The molecule has 7 heteroatoms. The molecule has 1 aliphatic rings. The Balaban J connectivity index is 1.76. The molecule has 1 aromatic carbocycles. The summed E-state index contributed by atoms with van der Waals surface area (Å²) in [5.74, 6) is 1.05. The third kappa shape index (κ3) is 4.66. The summed E-state index contributed by atoms with van der Waals surface area (Å²) >= 11 is 2.28. The van der Waals surface area contributed by atoms with Crippen LogP contribution in [0.4, 0.5) is 17.6 Å². The van der Waals surface area contributed by atoms with Gasteiger partial charge in [0.25, 0.3) is 0 Å². The van der Waals surface area contributed by atoms with Crippen molar-refractivity contribution < 1.29 is 4.74 Å². The van der Waals surface area contributed by atoms with E-state index in [9.17, 15) is 0 Å². The van der Waals surface area contributed by atoms with E-state index in [-0.39, 0.29) is 0 Å². The lowest BCUT2D eigenvalue weighted by molar-refractivity contribution is 0.379. The van der Waals surface area contributed by atoms with E-state index in [0.29, 0.717) is 23.9 Å². The van der Waals surface area contributed by atoms with Crippen molar-refractivity contribution >= 4 is 40.2 Å². The fourth-order valence-electron chi connectivity index (χ4n) is 2.66. The summed E-state index contributed by atoms with van der Waals surface area (Å²) < 4.78 is 6.38. The van der Waals surface area contributed by atoms with Crippen LogP contribution in [0.5, 0.6) is 6.01 Å². The van der Waals surface area contributed by atoms with Crippen molar-refractivity contribution in [2.45, 2.75) is 38.1 Å². The lowest BCUT2D eigenvalue weighted by Crippen LogP contribution is -2.24. The second-order valence-electron chi connectivity index (χ2n) is 5.58. The van der Waals surface area contributed by atoms with E-state index in [4.69, 9.17) is 4.74 Å². The van der Waals surface area contributed by atoms with E-state index < -0.39 is 0 Å². The molecular formula is C16H20IN5O. The average molecular weight is 425 g/mol. The molecule has 3 rings (SSSR count). The van der Waals surface area contributed by atoms with Crippen LogP contribution in [0.1, 0.15) is 32.1 Å². The van der Waals surface area contributed by atoms with Gasteiger partial charge in [-0.25, -0.2) is 0 Å². The van der Waals surface area contributed by atoms with Crippen LogP contribution in [0.15, 0.2) is 24.3 Å². The number of hydrogen-bond acceptors (Lipinski definition) is 6. The molecule has 1 aliphatic carbocycles. The maximum absolute atomic E-state index is 5.20. The number of halogens is 1. The minimum atomic E-state index is 0.311. The summed E-state index contributed by atoms with van der Waals surface area (Å²) in [6.07, 6.45) is 6.15. The third-order valence-electron chi connectivity index (χ3n) is 3.84. The molecule has 0 spiro atoms. The second kappa shape index (κ2) is 7.76. The zero-order chi connectivity index (χ0) is 16.1. The van der Waals surface area contributed by atoms with Gasteiger partial charge in [-0.2, -0.15) is 15.0 Å². The molecule has 0 saturated heterocycles. The summed E-state index contributed by atoms with van der Waals surface area (Å²) in [6, 6.07) is 8.79. The van der Waals surface area contributed by atoms with Gasteiger partial charge in [-0.3, -0.25) is 0 Å². The van der Waals surface area contributed by atoms with Gasteiger partial charge in [0, 0.05) is 15.3 Å². The number of nitrogens with one attached hydrogen (secondary N) is 2. The Morgan fingerprint density at radius 1 is 1.00 bits per heavy atom. The Bertz CT molecular complexity index is 643. The molecular weight excluding hydrogens is 405 g/mol. The highest BCUT2D eigenvalue weighted by atomic mass is 127. The SMILES string of the molecule is COc1nc(Nc2ccc(I)cc2)nc(NC2CCCCC2)n1. The van der Waals surface area contributed by atoms with E-state index in [0.717, 1.165) is 18.5 Å². The summed E-state index contributed by atoms with van der Waals surface area (Å²) in [6.45, 7) is 0. The van der Waals surface area contributed by atoms with E-state index in [2.05, 4.69) is 48.2 Å². The fourth-order valence-corrected chi connectivity index (χ4v) is 3.02. The van der Waals surface area contributed by atoms with Crippen molar-refractivity contribution in [3.8, 4) is 6.01 Å². The maximum Gasteiger partial charge on any atom is 0.322 e. The first kappa shape index (κ1) is 16.2. The molecule has 1 saturated carbocycles. The third-order valence-corrected chi connectivity index (χ3v) is 4.56. The first-order chi connectivity index (χ1) is 11.2. The number of aromatic nitrogens is 3. The van der Waals surface area contributed by atoms with Crippen LogP contribution < -0.4 is 15.4 Å². The van der Waals surface area contributed by atoms with Gasteiger partial charge in [-0.1, -0.05) is 19.3 Å². The van der Waals surface area contributed by atoms with Crippen LogP contribution in [0.25, 0.3) is 0 Å². The second-order valence-corrected chi connectivity index (χ2v) is 6.83. The molecule has 0 radical (unpaired) electrons. The molecule has 2 aromatic rings. The summed E-state index contributed by atoms with van der Waals surface area (Å²) in [5, 5.41) is 6.61. The van der Waals surface area contributed by atoms with Gasteiger partial charge in [0.05, 0.1) is 7.11 Å². The minimum absolute atomic E-state index is 0.311. The number of methoxy groups -OCH3 is 1. The number of benzene rings is 1. The smallest absolute Gasteiger partial charge is 0.322 e. The van der Waals surface area contributed by atoms with Gasteiger partial charge in [0.2, 0.25) is 11.9 Å². The van der Waals surface area contributed by atoms with E-state index >= 15 is 0 Å². The standard InChI is InChI=1S/C16H20IN5O/c1-23-16-21-14(18-12-5-3-2-4-6-12)20-15(22-16)19-13-9-7-11(17)8-10-13/h7-10,12H,2-6H2,1H3,(H2,18,19,20,21,22). The molecule has 1 aromatic heterocycles. The number of nitrogens with zero attached hydrogens (tertiary/aromatic N) is 3. The van der Waals surface area contributed by atoms with Gasteiger partial charge in [-0.05, 0) is 59.7 Å². The zero-order valence-corrected chi connectivity index (χ0v) is 15.2. The Kier molecular flexibility index (Phi) is 5.47. The van der Waals surface area contributed by atoms with Crippen molar-refractivity contribution in [3.05, 3.63) is 27.8 Å². The molecule has 6 nitrogen and oxygen atoms in total. The number of anilines is 3. The van der Waals surface area contributed by atoms with Crippen molar-refractivity contribution in [2.75, 3.05) is 17.7 Å². The topological polar surface area (TPSA) is 72.0 Å². The Morgan fingerprint density at radius 2 is 1.70 bits per heavy atom. The molecule has 23 heavy (non-hydrogen) atoms. The minimum Gasteiger partial charge on any atom is -0.467 e. The van der Waals surface area contributed by atoms with Crippen molar-refractivity contribution in [1.82, 2.24) is 15.0 Å². The molecule has 0 unspecified atom stereocenters. The molecule has 2 N–H and O–H groups in total. The molecule has 0 atom stereocenters. The zero-order valence-electron chi connectivity index (χ0n) is 13.1. The van der Waals surface area contributed by atoms with Gasteiger partial charge >= 0.3 is 6.01 Å². The van der Waals surface area contributed by atoms with Crippen LogP contribution in [0.3, 0.4) is 0 Å². The Labute approximate surface area is 149 Å². The molecule has 122 valence electrons. The van der Waals surface area contributed by atoms with Crippen LogP contribution in [0, 0.1) is 3.57 Å². The summed E-state index contributed by atoms with van der Waals surface area (Å²) in [5.41, 5.74) is 0.933. The highest BCUT2D eigenvalue weighted by Crippen LogP contribution is 2.22. The lowest BCUT2D eigenvalue weighted by atomic mass is 9.96. The normalized spacial score (nSPS) is 15.2. The lowest BCUT2D eigenvalue weighted by Gasteiger charge is -2.22. The van der Waals surface area contributed by atoms with Gasteiger partial charge in [-0.15, -0.1) is 0 Å². The predicted octanol–water partition coefficient (Wildman–Crippen LogP) is 3.97. The average Bonchev–Trinajstić information content (AvgIpc) is 2.57. The van der Waals surface area contributed by atoms with Crippen molar-refractivity contribution in [1.29, 1.82) is 0 Å². The van der Waals surface area contributed by atoms with E-state index in [1.165, 1.54) is 22.8 Å². The first-order valence-electron chi connectivity index (χ1n) is 7.82. The van der Waals surface area contributed by atoms with Crippen LogP contribution in [0.2, 0.25) is 0 Å². The van der Waals surface area contributed by atoms with Crippen LogP contribution in [-0.4, -0.2) is 28.1 Å². The van der Waals surface area contributed by atoms with Gasteiger partial charge < -0.3 is 15.4 Å². The maximum atomic E-state index is 5.20. The molecule has 1 heterocycles. The molecule has 1 fully saturated rings. The highest BCUT2D eigenvalue weighted by Gasteiger charge is 2.15. The van der Waals surface area contributed by atoms with Crippen molar-refractivity contribution in [2.24, 2.45) is 0 Å². The number of hydrogen-bond donors (Lipinski definition) is 2. The van der Waals surface area contributed by atoms with Gasteiger partial charge in [0.15, 0.2) is 0 Å². The Morgan fingerprint density at radius 3 is 2.39 bits per heavy atom. The quantitative estimate of drug-likeness (QED) is 0.707. The largest absolute Gasteiger partial charge is 0.467 e. The predicted molar refractivity (Wildman–Crippen MR) is 99.3 cm³/mol.